The largest absolute Gasteiger partial charge is 0.368 e. The van der Waals surface area contributed by atoms with Gasteiger partial charge in [0, 0.05) is 57.9 Å². The maximum Gasteiger partial charge on any atom is 0.314 e. The molecular formula is C27H40N8O. The summed E-state index contributed by atoms with van der Waals surface area (Å²) >= 11 is 0. The Balaban J connectivity index is 1.26. The van der Waals surface area contributed by atoms with Crippen LogP contribution in [0.25, 0.3) is 0 Å². The first-order chi connectivity index (χ1) is 17.4. The van der Waals surface area contributed by atoms with Crippen molar-refractivity contribution in [3.63, 3.8) is 0 Å². The van der Waals surface area contributed by atoms with Crippen molar-refractivity contribution in [2.75, 3.05) is 61.8 Å². The van der Waals surface area contributed by atoms with Gasteiger partial charge in [0.05, 0.1) is 0 Å². The second-order valence-corrected chi connectivity index (χ2v) is 10.8. The van der Waals surface area contributed by atoms with Gasteiger partial charge in [-0.3, -0.25) is 0 Å². The fourth-order valence-electron chi connectivity index (χ4n) is 5.85. The molecule has 4 N–H and O–H groups in total. The molecule has 3 aliphatic rings. The monoisotopic (exact) mass is 492 g/mol. The van der Waals surface area contributed by atoms with E-state index in [-0.39, 0.29) is 6.03 Å². The maximum atomic E-state index is 11.4. The van der Waals surface area contributed by atoms with Gasteiger partial charge in [0.1, 0.15) is 11.6 Å². The maximum absolute atomic E-state index is 11.4. The topological polar surface area (TPSA) is 108 Å². The highest BCUT2D eigenvalue weighted by Crippen LogP contribution is 2.31. The number of anilines is 3. The van der Waals surface area contributed by atoms with Gasteiger partial charge in [0.15, 0.2) is 0 Å². The van der Waals surface area contributed by atoms with Crippen LogP contribution in [0.4, 0.5) is 22.4 Å². The molecule has 1 aromatic heterocycles. The van der Waals surface area contributed by atoms with Gasteiger partial charge < -0.3 is 31.1 Å². The second kappa shape index (κ2) is 10.5. The number of piperidine rings is 1. The van der Waals surface area contributed by atoms with Crippen LogP contribution in [-0.4, -0.2) is 78.2 Å². The number of nitrogen functional groups attached to an aromatic ring is 1. The van der Waals surface area contributed by atoms with E-state index >= 15 is 0 Å². The third-order valence-electron chi connectivity index (χ3n) is 8.26. The lowest BCUT2D eigenvalue weighted by Crippen LogP contribution is -2.45. The number of hydrogen-bond donors (Lipinski definition) is 2. The molecule has 0 bridgehead atoms. The number of aryl methyl sites for hydroxylation is 1. The summed E-state index contributed by atoms with van der Waals surface area (Å²) in [6, 6.07) is 9.17. The molecule has 2 saturated heterocycles. The minimum Gasteiger partial charge on any atom is -0.368 e. The minimum absolute atomic E-state index is 0.289. The van der Waals surface area contributed by atoms with Crippen LogP contribution in [0.3, 0.4) is 0 Å². The molecule has 1 atom stereocenters. The highest BCUT2D eigenvalue weighted by molar-refractivity contribution is 5.72. The van der Waals surface area contributed by atoms with Crippen molar-refractivity contribution in [3.8, 4) is 0 Å². The number of fused-ring (bicyclic) bond motifs is 1. The number of carbonyl (C=O) groups excluding carboxylic acids is 1. The number of urea groups is 1. The predicted molar refractivity (Wildman–Crippen MR) is 144 cm³/mol. The third-order valence-corrected chi connectivity index (χ3v) is 8.26. The number of nitrogens with zero attached hydrogens (tertiary/aromatic N) is 6. The summed E-state index contributed by atoms with van der Waals surface area (Å²) in [6.07, 6.45) is 5.31. The molecule has 0 saturated carbocycles. The molecule has 0 aliphatic carbocycles. The van der Waals surface area contributed by atoms with Crippen LogP contribution < -0.4 is 21.3 Å². The first-order valence-corrected chi connectivity index (χ1v) is 13.4. The van der Waals surface area contributed by atoms with Crippen molar-refractivity contribution >= 4 is 23.6 Å². The predicted octanol–water partition coefficient (Wildman–Crippen LogP) is 2.49. The first kappa shape index (κ1) is 24.6. The molecule has 2 fully saturated rings. The van der Waals surface area contributed by atoms with Crippen molar-refractivity contribution < 1.29 is 4.79 Å². The smallest absolute Gasteiger partial charge is 0.314 e. The number of likely N-dealkylation sites (tertiary alicyclic amines) is 1. The van der Waals surface area contributed by atoms with Crippen molar-refractivity contribution in [2.24, 2.45) is 11.7 Å². The number of piperazine rings is 1. The van der Waals surface area contributed by atoms with Gasteiger partial charge >= 0.3 is 6.03 Å². The molecule has 9 heteroatoms. The van der Waals surface area contributed by atoms with Gasteiger partial charge in [0.25, 0.3) is 0 Å². The van der Waals surface area contributed by atoms with Crippen LogP contribution in [0, 0.1) is 5.92 Å². The van der Waals surface area contributed by atoms with Gasteiger partial charge in [-0.25, -0.2) is 4.79 Å². The Morgan fingerprint density at radius 2 is 1.72 bits per heavy atom. The quantitative estimate of drug-likeness (QED) is 0.660. The molecule has 2 amide bonds. The van der Waals surface area contributed by atoms with Gasteiger partial charge in [-0.2, -0.15) is 9.97 Å². The summed E-state index contributed by atoms with van der Waals surface area (Å²) in [4.78, 5) is 29.4. The summed E-state index contributed by atoms with van der Waals surface area (Å²) < 4.78 is 0. The van der Waals surface area contributed by atoms with Crippen molar-refractivity contribution in [2.45, 2.75) is 51.6 Å². The first-order valence-electron chi connectivity index (χ1n) is 13.4. The SMILES string of the molecule is CC1Cc2ccc(CCC3CCN(C(N)=O)CC3)cc2CN1c1cc(N2CCN(C)CC2)nc(N)n1. The lowest BCUT2D eigenvalue weighted by molar-refractivity contribution is 0.176. The van der Waals surface area contributed by atoms with Crippen LogP contribution in [0.2, 0.25) is 0 Å². The number of amides is 2. The van der Waals surface area contributed by atoms with Gasteiger partial charge in [-0.05, 0) is 68.7 Å². The molecule has 2 aromatic rings. The van der Waals surface area contributed by atoms with E-state index in [0.29, 0.717) is 17.9 Å². The molecule has 1 unspecified atom stereocenters. The summed E-state index contributed by atoms with van der Waals surface area (Å²) in [5.74, 6) is 2.85. The molecule has 1 aromatic carbocycles. The van der Waals surface area contributed by atoms with Crippen molar-refractivity contribution in [1.82, 2.24) is 19.8 Å². The Morgan fingerprint density at radius 3 is 2.44 bits per heavy atom. The fraction of sp³-hybridized carbons (Fsp3) is 0.593. The van der Waals surface area contributed by atoms with E-state index in [4.69, 9.17) is 11.5 Å². The Kier molecular flexibility index (Phi) is 7.18. The number of likely N-dealkylation sites (N-methyl/N-ethyl adjacent to an activating group) is 1. The summed E-state index contributed by atoms with van der Waals surface area (Å²) in [6.45, 7) is 8.64. The summed E-state index contributed by atoms with van der Waals surface area (Å²) in [5, 5.41) is 0. The lowest BCUT2D eigenvalue weighted by atomic mass is 9.88. The summed E-state index contributed by atoms with van der Waals surface area (Å²) in [7, 11) is 2.16. The zero-order valence-electron chi connectivity index (χ0n) is 21.7. The Labute approximate surface area is 214 Å². The third kappa shape index (κ3) is 5.51. The number of benzene rings is 1. The second-order valence-electron chi connectivity index (χ2n) is 10.8. The highest BCUT2D eigenvalue weighted by Gasteiger charge is 2.27. The van der Waals surface area contributed by atoms with E-state index in [1.165, 1.54) is 16.7 Å². The van der Waals surface area contributed by atoms with Crippen LogP contribution in [0.1, 0.15) is 42.9 Å². The standard InChI is InChI=1S/C27H40N8O/c1-19-15-22-6-5-21(4-3-20-7-9-34(10-8-20)27(29)36)16-23(22)18-35(19)25-17-24(30-26(28)31-25)33-13-11-32(2)12-14-33/h5-6,16-17,19-20H,3-4,7-15,18H2,1-2H3,(H2,29,36)(H2,28,30,31). The number of hydrogen-bond acceptors (Lipinski definition) is 7. The van der Waals surface area contributed by atoms with Gasteiger partial charge in [-0.15, -0.1) is 0 Å². The molecule has 194 valence electrons. The van der Waals surface area contributed by atoms with Gasteiger partial charge in [0.2, 0.25) is 5.95 Å². The Hall–Kier alpha value is -3.07. The number of nitrogens with two attached hydrogens (primary N) is 2. The molecule has 0 radical (unpaired) electrons. The van der Waals surface area contributed by atoms with Crippen molar-refractivity contribution in [3.05, 3.63) is 41.0 Å². The van der Waals surface area contributed by atoms with Crippen LogP contribution in [0.5, 0.6) is 0 Å². The Bertz CT molecular complexity index is 1080. The zero-order chi connectivity index (χ0) is 25.2. The Morgan fingerprint density at radius 1 is 1.00 bits per heavy atom. The molecule has 0 spiro atoms. The lowest BCUT2D eigenvalue weighted by Gasteiger charge is -2.37. The summed E-state index contributed by atoms with van der Waals surface area (Å²) in [5.41, 5.74) is 15.8. The zero-order valence-corrected chi connectivity index (χ0v) is 21.7. The van der Waals surface area contributed by atoms with E-state index in [0.717, 1.165) is 89.6 Å². The van der Waals surface area contributed by atoms with E-state index in [1.54, 1.807) is 4.90 Å². The number of rotatable bonds is 5. The normalized spacial score (nSPS) is 21.5. The van der Waals surface area contributed by atoms with Crippen LogP contribution >= 0.6 is 0 Å². The molecule has 9 nitrogen and oxygen atoms in total. The van der Waals surface area contributed by atoms with E-state index in [1.807, 2.05) is 0 Å². The van der Waals surface area contributed by atoms with E-state index < -0.39 is 0 Å². The van der Waals surface area contributed by atoms with E-state index in [2.05, 4.69) is 62.9 Å². The average molecular weight is 493 g/mol. The molecular weight excluding hydrogens is 452 g/mol. The van der Waals surface area contributed by atoms with Crippen molar-refractivity contribution in [1.29, 1.82) is 0 Å². The van der Waals surface area contributed by atoms with E-state index in [9.17, 15) is 4.79 Å². The van der Waals surface area contributed by atoms with Gasteiger partial charge in [-0.1, -0.05) is 18.2 Å². The minimum atomic E-state index is -0.289. The number of primary amides is 1. The van der Waals surface area contributed by atoms with Crippen LogP contribution in [-0.2, 0) is 19.4 Å². The van der Waals surface area contributed by atoms with Crippen LogP contribution in [0.15, 0.2) is 24.3 Å². The molecule has 5 rings (SSSR count). The fourth-order valence-corrected chi connectivity index (χ4v) is 5.85. The highest BCUT2D eigenvalue weighted by atomic mass is 16.2. The average Bonchev–Trinajstić information content (AvgIpc) is 2.87. The molecule has 36 heavy (non-hydrogen) atoms. The molecule has 3 aliphatic heterocycles. The molecule has 4 heterocycles. The number of aromatic nitrogens is 2. The number of carbonyl (C=O) groups is 1.